The van der Waals surface area contributed by atoms with Gasteiger partial charge in [-0.25, -0.2) is 0 Å². The molecule has 4 rings (SSSR count). The van der Waals surface area contributed by atoms with Gasteiger partial charge in [0.1, 0.15) is 5.82 Å². The van der Waals surface area contributed by atoms with Crippen LogP contribution in [0.1, 0.15) is 35.1 Å². The first-order chi connectivity index (χ1) is 14.7. The van der Waals surface area contributed by atoms with Gasteiger partial charge in [0.2, 0.25) is 5.91 Å². The summed E-state index contributed by atoms with van der Waals surface area (Å²) in [6, 6.07) is 14.8. The Hall–Kier alpha value is -2.16. The van der Waals surface area contributed by atoms with Crippen LogP contribution in [0.25, 0.3) is 0 Å². The van der Waals surface area contributed by atoms with Gasteiger partial charge in [-0.15, -0.1) is 21.5 Å². The van der Waals surface area contributed by atoms with Crippen LogP contribution in [-0.4, -0.2) is 51.0 Å². The van der Waals surface area contributed by atoms with E-state index in [0.29, 0.717) is 18.8 Å². The van der Waals surface area contributed by atoms with Crippen molar-refractivity contribution in [2.24, 2.45) is 0 Å². The fourth-order valence-corrected chi connectivity index (χ4v) is 5.43. The van der Waals surface area contributed by atoms with E-state index < -0.39 is 0 Å². The number of nitrogens with zero attached hydrogens (tertiary/aromatic N) is 4. The summed E-state index contributed by atoms with van der Waals surface area (Å²) in [5, 5.41) is 14.5. The topological polar surface area (TPSA) is 63.1 Å². The largest absolute Gasteiger partial charge is 0.353 e. The highest BCUT2D eigenvalue weighted by molar-refractivity contribution is 7.99. The second-order valence-corrected chi connectivity index (χ2v) is 9.39. The SMILES string of the molecule is Cc1nnc(SCC(=O)NC[C@@H](c2cccs2)N2CCCC2)n1Cc1ccccc1. The second-order valence-electron chi connectivity index (χ2n) is 7.47. The van der Waals surface area contributed by atoms with E-state index in [-0.39, 0.29) is 11.9 Å². The van der Waals surface area contributed by atoms with E-state index in [1.165, 1.54) is 35.0 Å². The first kappa shape index (κ1) is 21.1. The van der Waals surface area contributed by atoms with Gasteiger partial charge < -0.3 is 9.88 Å². The van der Waals surface area contributed by atoms with E-state index in [4.69, 9.17) is 0 Å². The molecular weight excluding hydrogens is 414 g/mol. The predicted molar refractivity (Wildman–Crippen MR) is 122 cm³/mol. The maximum absolute atomic E-state index is 12.6. The number of nitrogens with one attached hydrogen (secondary N) is 1. The van der Waals surface area contributed by atoms with Crippen molar-refractivity contribution < 1.29 is 4.79 Å². The molecule has 0 bridgehead atoms. The number of amides is 1. The van der Waals surface area contributed by atoms with Crippen LogP contribution in [0.3, 0.4) is 0 Å². The summed E-state index contributed by atoms with van der Waals surface area (Å²) in [4.78, 5) is 16.4. The van der Waals surface area contributed by atoms with E-state index >= 15 is 0 Å². The first-order valence-corrected chi connectivity index (χ1v) is 12.2. The molecule has 0 unspecified atom stereocenters. The zero-order valence-electron chi connectivity index (χ0n) is 17.2. The second kappa shape index (κ2) is 10.2. The minimum atomic E-state index is 0.0349. The van der Waals surface area contributed by atoms with Gasteiger partial charge in [0, 0.05) is 11.4 Å². The van der Waals surface area contributed by atoms with Crippen LogP contribution in [0.15, 0.2) is 53.0 Å². The van der Waals surface area contributed by atoms with Gasteiger partial charge >= 0.3 is 0 Å². The lowest BCUT2D eigenvalue weighted by molar-refractivity contribution is -0.118. The van der Waals surface area contributed by atoms with Gasteiger partial charge in [0.05, 0.1) is 18.3 Å². The van der Waals surface area contributed by atoms with Crippen molar-refractivity contribution in [1.82, 2.24) is 25.0 Å². The van der Waals surface area contributed by atoms with Crippen molar-refractivity contribution >= 4 is 29.0 Å². The summed E-state index contributed by atoms with van der Waals surface area (Å²) in [5.74, 6) is 1.23. The van der Waals surface area contributed by atoms with Crippen LogP contribution in [0.2, 0.25) is 0 Å². The molecule has 0 aliphatic carbocycles. The Morgan fingerprint density at radius 3 is 2.70 bits per heavy atom. The van der Waals surface area contributed by atoms with Gasteiger partial charge in [0.15, 0.2) is 5.16 Å². The Morgan fingerprint density at radius 2 is 1.97 bits per heavy atom. The maximum atomic E-state index is 12.6. The number of hydrogen-bond acceptors (Lipinski definition) is 6. The molecule has 8 heteroatoms. The summed E-state index contributed by atoms with van der Waals surface area (Å²) < 4.78 is 2.06. The van der Waals surface area contributed by atoms with Gasteiger partial charge in [-0.3, -0.25) is 9.69 Å². The summed E-state index contributed by atoms with van der Waals surface area (Å²) in [5.41, 5.74) is 1.19. The van der Waals surface area contributed by atoms with Crippen molar-refractivity contribution in [3.05, 3.63) is 64.1 Å². The number of benzene rings is 1. The number of thiophene rings is 1. The van der Waals surface area contributed by atoms with Crippen molar-refractivity contribution in [1.29, 1.82) is 0 Å². The summed E-state index contributed by atoms with van der Waals surface area (Å²) in [6.07, 6.45) is 2.48. The number of carbonyl (C=O) groups is 1. The van der Waals surface area contributed by atoms with E-state index in [0.717, 1.165) is 24.1 Å². The van der Waals surface area contributed by atoms with Gasteiger partial charge in [-0.1, -0.05) is 48.2 Å². The molecule has 2 aromatic heterocycles. The quantitative estimate of drug-likeness (QED) is 0.513. The van der Waals surface area contributed by atoms with Crippen LogP contribution >= 0.6 is 23.1 Å². The zero-order chi connectivity index (χ0) is 20.8. The third-order valence-electron chi connectivity index (χ3n) is 5.36. The highest BCUT2D eigenvalue weighted by Crippen LogP contribution is 2.28. The Kier molecular flexibility index (Phi) is 7.20. The number of thioether (sulfide) groups is 1. The lowest BCUT2D eigenvalue weighted by atomic mass is 10.2. The molecule has 0 saturated carbocycles. The van der Waals surface area contributed by atoms with Crippen molar-refractivity contribution in [2.75, 3.05) is 25.4 Å². The third-order valence-corrected chi connectivity index (χ3v) is 7.30. The average Bonchev–Trinajstić information content (AvgIpc) is 3.53. The minimum Gasteiger partial charge on any atom is -0.353 e. The minimum absolute atomic E-state index is 0.0349. The molecule has 1 atom stereocenters. The molecule has 0 spiro atoms. The maximum Gasteiger partial charge on any atom is 0.230 e. The predicted octanol–water partition coefficient (Wildman–Crippen LogP) is 3.74. The van der Waals surface area contributed by atoms with Crippen LogP contribution in [0.4, 0.5) is 0 Å². The molecule has 1 amide bonds. The molecule has 3 heterocycles. The number of carbonyl (C=O) groups excluding carboxylic acids is 1. The van der Waals surface area contributed by atoms with E-state index in [1.54, 1.807) is 11.3 Å². The van der Waals surface area contributed by atoms with Crippen molar-refractivity contribution in [3.63, 3.8) is 0 Å². The molecule has 158 valence electrons. The number of aryl methyl sites for hydroxylation is 1. The average molecular weight is 442 g/mol. The molecule has 30 heavy (non-hydrogen) atoms. The number of rotatable bonds is 9. The van der Waals surface area contributed by atoms with Gasteiger partial charge in [-0.2, -0.15) is 0 Å². The lowest BCUT2D eigenvalue weighted by Gasteiger charge is -2.26. The fourth-order valence-electron chi connectivity index (χ4n) is 3.75. The molecule has 1 saturated heterocycles. The monoisotopic (exact) mass is 441 g/mol. The normalized spacial score (nSPS) is 15.4. The zero-order valence-corrected chi connectivity index (χ0v) is 18.8. The van der Waals surface area contributed by atoms with Gasteiger partial charge in [0.25, 0.3) is 0 Å². The smallest absolute Gasteiger partial charge is 0.230 e. The highest BCUT2D eigenvalue weighted by Gasteiger charge is 2.24. The summed E-state index contributed by atoms with van der Waals surface area (Å²) in [6.45, 7) is 5.51. The summed E-state index contributed by atoms with van der Waals surface area (Å²) in [7, 11) is 0. The summed E-state index contributed by atoms with van der Waals surface area (Å²) >= 11 is 3.21. The van der Waals surface area contributed by atoms with Gasteiger partial charge in [-0.05, 0) is 49.9 Å². The highest BCUT2D eigenvalue weighted by atomic mass is 32.2. The molecule has 6 nitrogen and oxygen atoms in total. The van der Waals surface area contributed by atoms with Crippen LogP contribution < -0.4 is 5.32 Å². The molecule has 3 aromatic rings. The molecule has 1 aromatic carbocycles. The van der Waals surface area contributed by atoms with Crippen molar-refractivity contribution in [3.8, 4) is 0 Å². The standard InChI is InChI=1S/C22H27N5OS2/c1-17-24-25-22(27(17)15-18-8-3-2-4-9-18)30-16-21(28)23-14-19(20-10-7-13-29-20)26-11-5-6-12-26/h2-4,7-10,13,19H,5-6,11-12,14-16H2,1H3,(H,23,28)/t19-/m0/s1. The molecule has 1 aliphatic heterocycles. The van der Waals surface area contributed by atoms with Crippen molar-refractivity contribution in [2.45, 2.75) is 37.5 Å². The van der Waals surface area contributed by atoms with Crippen LogP contribution in [-0.2, 0) is 11.3 Å². The number of likely N-dealkylation sites (tertiary alicyclic amines) is 1. The van der Waals surface area contributed by atoms with Crippen LogP contribution in [0.5, 0.6) is 0 Å². The van der Waals surface area contributed by atoms with E-state index in [1.807, 2.05) is 25.1 Å². The first-order valence-electron chi connectivity index (χ1n) is 10.3. The molecule has 1 fully saturated rings. The number of aromatic nitrogens is 3. The Labute approximate surface area is 185 Å². The Bertz CT molecular complexity index is 936. The fraction of sp³-hybridized carbons (Fsp3) is 0.409. The molecule has 1 N–H and O–H groups in total. The third kappa shape index (κ3) is 5.30. The lowest BCUT2D eigenvalue weighted by Crippen LogP contribution is -2.37. The van der Waals surface area contributed by atoms with Crippen LogP contribution in [0, 0.1) is 6.92 Å². The number of hydrogen-bond donors (Lipinski definition) is 1. The van der Waals surface area contributed by atoms with E-state index in [9.17, 15) is 4.79 Å². The molecule has 1 aliphatic rings. The molecular formula is C22H27N5OS2. The van der Waals surface area contributed by atoms with E-state index in [2.05, 4.69) is 54.6 Å². The molecule has 0 radical (unpaired) electrons. The Balaban J connectivity index is 1.32. The Morgan fingerprint density at radius 1 is 1.17 bits per heavy atom.